The van der Waals surface area contributed by atoms with E-state index in [4.69, 9.17) is 16.7 Å². The van der Waals surface area contributed by atoms with E-state index in [-0.39, 0.29) is 5.56 Å². The van der Waals surface area contributed by atoms with Crippen molar-refractivity contribution < 1.29 is 9.90 Å². The lowest BCUT2D eigenvalue weighted by Gasteiger charge is -2.03. The van der Waals surface area contributed by atoms with Crippen molar-refractivity contribution in [3.63, 3.8) is 0 Å². The van der Waals surface area contributed by atoms with Gasteiger partial charge in [-0.25, -0.2) is 9.78 Å². The van der Waals surface area contributed by atoms with Gasteiger partial charge in [-0.3, -0.25) is 0 Å². The number of H-pyrrole nitrogens is 1. The van der Waals surface area contributed by atoms with Crippen molar-refractivity contribution in [2.24, 2.45) is 0 Å². The maximum absolute atomic E-state index is 11.0. The molecule has 0 atom stereocenters. The smallest absolute Gasteiger partial charge is 0.335 e. The Bertz CT molecular complexity index is 824. The summed E-state index contributed by atoms with van der Waals surface area (Å²) in [4.78, 5) is 18.6. The molecule has 0 spiro atoms. The molecule has 100 valence electrons. The normalized spacial score (nSPS) is 10.9. The van der Waals surface area contributed by atoms with Gasteiger partial charge in [0.1, 0.15) is 5.82 Å². The highest BCUT2D eigenvalue weighted by Gasteiger charge is 2.11. The van der Waals surface area contributed by atoms with E-state index in [1.54, 1.807) is 18.2 Å². The van der Waals surface area contributed by atoms with Gasteiger partial charge in [0, 0.05) is 10.6 Å². The molecule has 3 rings (SSSR count). The van der Waals surface area contributed by atoms with Crippen molar-refractivity contribution in [3.05, 3.63) is 52.5 Å². The van der Waals surface area contributed by atoms with Crippen molar-refractivity contribution in [3.8, 4) is 11.4 Å². The molecule has 5 heteroatoms. The molecule has 20 heavy (non-hydrogen) atoms. The topological polar surface area (TPSA) is 66.0 Å². The van der Waals surface area contributed by atoms with Gasteiger partial charge in [0.2, 0.25) is 0 Å². The summed E-state index contributed by atoms with van der Waals surface area (Å²) in [6.07, 6.45) is 0. The molecule has 0 aliphatic heterocycles. The van der Waals surface area contributed by atoms with E-state index in [2.05, 4.69) is 9.97 Å². The fourth-order valence-electron chi connectivity index (χ4n) is 2.13. The van der Waals surface area contributed by atoms with Crippen molar-refractivity contribution >= 4 is 28.6 Å². The first-order chi connectivity index (χ1) is 9.56. The van der Waals surface area contributed by atoms with Gasteiger partial charge >= 0.3 is 5.97 Å². The number of aromatic amines is 1. The first kappa shape index (κ1) is 12.7. The van der Waals surface area contributed by atoms with Gasteiger partial charge in [-0.1, -0.05) is 23.7 Å². The fraction of sp³-hybridized carbons (Fsp3) is 0.0667. The zero-order valence-electron chi connectivity index (χ0n) is 10.6. The Kier molecular flexibility index (Phi) is 2.95. The summed E-state index contributed by atoms with van der Waals surface area (Å²) < 4.78 is 0. The zero-order valence-corrected chi connectivity index (χ0v) is 11.4. The first-order valence-corrected chi connectivity index (χ1v) is 6.42. The predicted molar refractivity (Wildman–Crippen MR) is 78.2 cm³/mol. The Balaban J connectivity index is 2.18. The van der Waals surface area contributed by atoms with Crippen molar-refractivity contribution in [1.29, 1.82) is 0 Å². The SMILES string of the molecule is Cc1c(Cl)cccc1-c1nc2ccc(C(=O)O)cc2[nH]1. The maximum atomic E-state index is 11.0. The van der Waals surface area contributed by atoms with E-state index >= 15 is 0 Å². The standard InChI is InChI=1S/C15H11ClN2O2/c1-8-10(3-2-4-11(8)16)14-17-12-6-5-9(15(19)20)7-13(12)18-14/h2-7H,1H3,(H,17,18)(H,19,20). The van der Waals surface area contributed by atoms with Crippen LogP contribution < -0.4 is 0 Å². The lowest BCUT2D eigenvalue weighted by molar-refractivity contribution is 0.0697. The molecule has 0 radical (unpaired) electrons. The average Bonchev–Trinajstić information content (AvgIpc) is 2.84. The summed E-state index contributed by atoms with van der Waals surface area (Å²) in [7, 11) is 0. The van der Waals surface area contributed by atoms with E-state index in [0.29, 0.717) is 16.4 Å². The van der Waals surface area contributed by atoms with Gasteiger partial charge in [0.05, 0.1) is 16.6 Å². The van der Waals surface area contributed by atoms with Crippen LogP contribution in [0.3, 0.4) is 0 Å². The molecule has 0 aliphatic carbocycles. The Morgan fingerprint density at radius 1 is 1.30 bits per heavy atom. The van der Waals surface area contributed by atoms with E-state index in [1.807, 2.05) is 25.1 Å². The third-order valence-electron chi connectivity index (χ3n) is 3.25. The van der Waals surface area contributed by atoms with Crippen molar-refractivity contribution in [2.45, 2.75) is 6.92 Å². The monoisotopic (exact) mass is 286 g/mol. The third kappa shape index (κ3) is 2.04. The van der Waals surface area contributed by atoms with Crippen LogP contribution in [0.2, 0.25) is 5.02 Å². The van der Waals surface area contributed by atoms with Crippen LogP contribution >= 0.6 is 11.6 Å². The number of fused-ring (bicyclic) bond motifs is 1. The fourth-order valence-corrected chi connectivity index (χ4v) is 2.31. The predicted octanol–water partition coefficient (Wildman–Crippen LogP) is 3.89. The molecular weight excluding hydrogens is 276 g/mol. The van der Waals surface area contributed by atoms with Gasteiger partial charge < -0.3 is 10.1 Å². The highest BCUT2D eigenvalue weighted by Crippen LogP contribution is 2.28. The highest BCUT2D eigenvalue weighted by atomic mass is 35.5. The number of hydrogen-bond acceptors (Lipinski definition) is 2. The minimum Gasteiger partial charge on any atom is -0.478 e. The number of benzene rings is 2. The first-order valence-electron chi connectivity index (χ1n) is 6.05. The van der Waals surface area contributed by atoms with E-state index in [0.717, 1.165) is 16.6 Å². The number of rotatable bonds is 2. The molecule has 1 heterocycles. The molecule has 2 N–H and O–H groups in total. The minimum atomic E-state index is -0.956. The largest absolute Gasteiger partial charge is 0.478 e. The summed E-state index contributed by atoms with van der Waals surface area (Å²) in [6.45, 7) is 1.92. The Labute approximate surface area is 120 Å². The second-order valence-electron chi connectivity index (χ2n) is 4.53. The second-order valence-corrected chi connectivity index (χ2v) is 4.94. The quantitative estimate of drug-likeness (QED) is 0.751. The Morgan fingerprint density at radius 2 is 2.10 bits per heavy atom. The lowest BCUT2D eigenvalue weighted by atomic mass is 10.1. The molecule has 4 nitrogen and oxygen atoms in total. The number of hydrogen-bond donors (Lipinski definition) is 2. The van der Waals surface area contributed by atoms with Gasteiger partial charge in [-0.15, -0.1) is 0 Å². The molecule has 0 saturated heterocycles. The highest BCUT2D eigenvalue weighted by molar-refractivity contribution is 6.31. The van der Waals surface area contributed by atoms with Crippen LogP contribution in [-0.4, -0.2) is 21.0 Å². The molecule has 0 amide bonds. The van der Waals surface area contributed by atoms with Gasteiger partial charge in [0.25, 0.3) is 0 Å². The molecule has 0 aliphatic rings. The van der Waals surface area contributed by atoms with Crippen LogP contribution in [0.5, 0.6) is 0 Å². The van der Waals surface area contributed by atoms with Crippen molar-refractivity contribution in [2.75, 3.05) is 0 Å². The molecular formula is C15H11ClN2O2. The molecule has 0 unspecified atom stereocenters. The Hall–Kier alpha value is -2.33. The number of carbonyl (C=O) groups is 1. The van der Waals surface area contributed by atoms with E-state index in [1.165, 1.54) is 0 Å². The van der Waals surface area contributed by atoms with Crippen LogP contribution in [0.15, 0.2) is 36.4 Å². The number of imidazole rings is 1. The summed E-state index contributed by atoms with van der Waals surface area (Å²) in [5.74, 6) is -0.274. The van der Waals surface area contributed by atoms with Crippen LogP contribution in [0.1, 0.15) is 15.9 Å². The van der Waals surface area contributed by atoms with Gasteiger partial charge in [-0.2, -0.15) is 0 Å². The number of carboxylic acids is 1. The maximum Gasteiger partial charge on any atom is 0.335 e. The molecule has 0 bridgehead atoms. The van der Waals surface area contributed by atoms with Crippen LogP contribution in [-0.2, 0) is 0 Å². The second kappa shape index (κ2) is 4.65. The zero-order chi connectivity index (χ0) is 14.3. The molecule has 0 saturated carbocycles. The number of halogens is 1. The molecule has 1 aromatic heterocycles. The molecule has 3 aromatic rings. The number of carboxylic acid groups (broad SMARTS) is 1. The van der Waals surface area contributed by atoms with E-state index < -0.39 is 5.97 Å². The summed E-state index contributed by atoms with van der Waals surface area (Å²) in [6, 6.07) is 10.4. The van der Waals surface area contributed by atoms with Gasteiger partial charge in [-0.05, 0) is 36.8 Å². The molecule has 2 aromatic carbocycles. The minimum absolute atomic E-state index is 0.232. The third-order valence-corrected chi connectivity index (χ3v) is 3.66. The van der Waals surface area contributed by atoms with E-state index in [9.17, 15) is 4.79 Å². The summed E-state index contributed by atoms with van der Waals surface area (Å²) >= 11 is 6.11. The molecule has 0 fully saturated rings. The van der Waals surface area contributed by atoms with Crippen LogP contribution in [0, 0.1) is 6.92 Å². The summed E-state index contributed by atoms with van der Waals surface area (Å²) in [5, 5.41) is 9.67. The average molecular weight is 287 g/mol. The van der Waals surface area contributed by atoms with Crippen LogP contribution in [0.4, 0.5) is 0 Å². The lowest BCUT2D eigenvalue weighted by Crippen LogP contribution is -1.94. The number of aromatic nitrogens is 2. The Morgan fingerprint density at radius 3 is 2.85 bits per heavy atom. The van der Waals surface area contributed by atoms with Crippen molar-refractivity contribution in [1.82, 2.24) is 9.97 Å². The number of nitrogens with one attached hydrogen (secondary N) is 1. The van der Waals surface area contributed by atoms with Gasteiger partial charge in [0.15, 0.2) is 0 Å². The van der Waals surface area contributed by atoms with Crippen LogP contribution in [0.25, 0.3) is 22.4 Å². The number of nitrogens with zero attached hydrogens (tertiary/aromatic N) is 1. The summed E-state index contributed by atoms with van der Waals surface area (Å²) in [5.41, 5.74) is 3.50. The number of aromatic carboxylic acids is 1.